The summed E-state index contributed by atoms with van der Waals surface area (Å²) in [5, 5.41) is 7.45. The van der Waals surface area contributed by atoms with E-state index in [1.165, 1.54) is 58.8 Å². The van der Waals surface area contributed by atoms with Crippen molar-refractivity contribution in [3.05, 3.63) is 230 Å². The van der Waals surface area contributed by atoms with E-state index < -0.39 is 0 Å². The van der Waals surface area contributed by atoms with E-state index in [0.717, 1.165) is 56.5 Å². The first-order valence-corrected chi connectivity index (χ1v) is 21.8. The highest BCUT2D eigenvalue weighted by atomic mass is 32.1. The first-order chi connectivity index (χ1) is 30.2. The standard InChI is InChI=1S/C58H39NOS/c1-2-13-46-40(11-1)12-9-17-47(46)41-25-23-38(24-26-41)39-27-32-44(33-28-39)59(45-34-29-42(30-35-45)49-18-10-19-52-50-15-4-7-21-55(50)60-58(49)52)54-20-6-3-14-48(54)43-31-36-57-53(37-43)51-16-5-8-22-56(51)61-57/h1-23,25-38H,24H2. The molecule has 0 saturated carbocycles. The summed E-state index contributed by atoms with van der Waals surface area (Å²) in [6.45, 7) is 0. The Morgan fingerprint density at radius 3 is 1.97 bits per heavy atom. The lowest BCUT2D eigenvalue weighted by Crippen LogP contribution is -2.11. The molecule has 0 bridgehead atoms. The van der Waals surface area contributed by atoms with E-state index in [1.54, 1.807) is 0 Å². The molecule has 9 aromatic carbocycles. The average Bonchev–Trinajstić information content (AvgIpc) is 3.91. The van der Waals surface area contributed by atoms with E-state index in [0.29, 0.717) is 5.92 Å². The molecule has 0 spiro atoms. The minimum Gasteiger partial charge on any atom is -0.455 e. The van der Waals surface area contributed by atoms with Gasteiger partial charge in [0.2, 0.25) is 0 Å². The van der Waals surface area contributed by atoms with Crippen LogP contribution in [0.15, 0.2) is 223 Å². The highest BCUT2D eigenvalue weighted by molar-refractivity contribution is 7.25. The van der Waals surface area contributed by atoms with Crippen LogP contribution in [0.5, 0.6) is 0 Å². The molecule has 288 valence electrons. The molecule has 2 heterocycles. The van der Waals surface area contributed by atoms with Crippen molar-refractivity contribution in [3.63, 3.8) is 0 Å². The second-order valence-electron chi connectivity index (χ2n) is 16.0. The first-order valence-electron chi connectivity index (χ1n) is 21.0. The van der Waals surface area contributed by atoms with Gasteiger partial charge in [0.1, 0.15) is 11.2 Å². The zero-order chi connectivity index (χ0) is 40.3. The number of rotatable bonds is 7. The Kier molecular flexibility index (Phi) is 8.53. The summed E-state index contributed by atoms with van der Waals surface area (Å²) < 4.78 is 9.08. The summed E-state index contributed by atoms with van der Waals surface area (Å²) in [4.78, 5) is 2.41. The van der Waals surface area contributed by atoms with Gasteiger partial charge in [0.15, 0.2) is 0 Å². The number of benzene rings is 9. The Hall–Kier alpha value is -7.46. The van der Waals surface area contributed by atoms with Crippen molar-refractivity contribution < 1.29 is 4.42 Å². The van der Waals surface area contributed by atoms with Crippen LogP contribution in [0, 0.1) is 0 Å². The molecule has 61 heavy (non-hydrogen) atoms. The van der Waals surface area contributed by atoms with Gasteiger partial charge in [0.05, 0.1) is 5.69 Å². The zero-order valence-corrected chi connectivity index (χ0v) is 34.1. The third-order valence-corrected chi connectivity index (χ3v) is 13.6. The maximum atomic E-state index is 6.46. The molecular formula is C58H39NOS. The summed E-state index contributed by atoms with van der Waals surface area (Å²) in [6, 6.07) is 72.7. The fourth-order valence-corrected chi connectivity index (χ4v) is 10.5. The summed E-state index contributed by atoms with van der Waals surface area (Å²) >= 11 is 1.86. The van der Waals surface area contributed by atoms with Gasteiger partial charge in [0, 0.05) is 59.4 Å². The molecule has 0 radical (unpaired) electrons. The molecule has 12 rings (SSSR count). The number of allylic oxidation sites excluding steroid dienone is 4. The SMILES string of the molecule is C1=CC(c2ccc(N(c3ccc(-c4cccc5c4oc4ccccc45)cc3)c3ccccc3-c3ccc4sc5ccccc5c4c3)cc2)CC=C1c1cccc2ccccc12. The molecule has 0 amide bonds. The van der Waals surface area contributed by atoms with Crippen LogP contribution in [0.25, 0.3) is 80.7 Å². The highest BCUT2D eigenvalue weighted by Crippen LogP contribution is 2.45. The van der Waals surface area contributed by atoms with E-state index in [-0.39, 0.29) is 0 Å². The molecule has 3 heteroatoms. The van der Waals surface area contributed by atoms with E-state index in [4.69, 9.17) is 4.42 Å². The maximum Gasteiger partial charge on any atom is 0.143 e. The number of hydrogen-bond acceptors (Lipinski definition) is 3. The van der Waals surface area contributed by atoms with Crippen LogP contribution in [-0.2, 0) is 0 Å². The first kappa shape index (κ1) is 35.5. The van der Waals surface area contributed by atoms with E-state index >= 15 is 0 Å². The number of fused-ring (bicyclic) bond motifs is 7. The van der Waals surface area contributed by atoms with Gasteiger partial charge < -0.3 is 9.32 Å². The summed E-state index contributed by atoms with van der Waals surface area (Å²) in [6.07, 6.45) is 8.06. The highest BCUT2D eigenvalue weighted by Gasteiger charge is 2.21. The van der Waals surface area contributed by atoms with Crippen molar-refractivity contribution in [3.8, 4) is 22.3 Å². The maximum absolute atomic E-state index is 6.46. The number of hydrogen-bond donors (Lipinski definition) is 0. The Morgan fingerprint density at radius 1 is 0.475 bits per heavy atom. The Labute approximate surface area is 358 Å². The van der Waals surface area contributed by atoms with Gasteiger partial charge in [0.25, 0.3) is 0 Å². The van der Waals surface area contributed by atoms with Gasteiger partial charge in [-0.25, -0.2) is 0 Å². The van der Waals surface area contributed by atoms with Crippen molar-refractivity contribution >= 4 is 86.9 Å². The molecule has 0 saturated heterocycles. The molecule has 1 aliphatic rings. The number of anilines is 3. The number of nitrogens with zero attached hydrogens (tertiary/aromatic N) is 1. The van der Waals surface area contributed by atoms with Crippen molar-refractivity contribution in [2.24, 2.45) is 0 Å². The van der Waals surface area contributed by atoms with E-state index in [9.17, 15) is 0 Å². The lowest BCUT2D eigenvalue weighted by Gasteiger charge is -2.28. The van der Waals surface area contributed by atoms with Gasteiger partial charge in [-0.3, -0.25) is 0 Å². The molecule has 2 aromatic heterocycles. The molecule has 0 aliphatic heterocycles. The molecule has 0 N–H and O–H groups in total. The second kappa shape index (κ2) is 14.7. The largest absolute Gasteiger partial charge is 0.455 e. The molecular weight excluding hydrogens is 759 g/mol. The number of furan rings is 1. The summed E-state index contributed by atoms with van der Waals surface area (Å²) in [5.74, 6) is 0.306. The predicted octanol–water partition coefficient (Wildman–Crippen LogP) is 17.0. The Bertz CT molecular complexity index is 3510. The van der Waals surface area contributed by atoms with Crippen molar-refractivity contribution in [1.82, 2.24) is 0 Å². The topological polar surface area (TPSA) is 16.4 Å². The van der Waals surface area contributed by atoms with Gasteiger partial charge in [-0.1, -0.05) is 164 Å². The minimum atomic E-state index is 0.306. The summed E-state index contributed by atoms with van der Waals surface area (Å²) in [5.41, 5.74) is 13.6. The molecule has 1 atom stereocenters. The Morgan fingerprint density at radius 2 is 1.11 bits per heavy atom. The third-order valence-electron chi connectivity index (χ3n) is 12.5. The number of para-hydroxylation sites is 3. The van der Waals surface area contributed by atoms with Gasteiger partial charge in [-0.05, 0) is 99.6 Å². The van der Waals surface area contributed by atoms with Gasteiger partial charge in [-0.2, -0.15) is 0 Å². The Balaban J connectivity index is 0.932. The lowest BCUT2D eigenvalue weighted by molar-refractivity contribution is 0.670. The van der Waals surface area contributed by atoms with Crippen LogP contribution in [0.4, 0.5) is 17.1 Å². The summed E-state index contributed by atoms with van der Waals surface area (Å²) in [7, 11) is 0. The van der Waals surface area contributed by atoms with Crippen LogP contribution >= 0.6 is 11.3 Å². The molecule has 0 fully saturated rings. The normalized spacial score (nSPS) is 14.0. The minimum absolute atomic E-state index is 0.306. The van der Waals surface area contributed by atoms with Crippen molar-refractivity contribution in [2.75, 3.05) is 4.90 Å². The van der Waals surface area contributed by atoms with Gasteiger partial charge in [-0.15, -0.1) is 11.3 Å². The van der Waals surface area contributed by atoms with Crippen molar-refractivity contribution in [2.45, 2.75) is 12.3 Å². The zero-order valence-electron chi connectivity index (χ0n) is 33.3. The van der Waals surface area contributed by atoms with E-state index in [1.807, 2.05) is 23.5 Å². The monoisotopic (exact) mass is 797 g/mol. The van der Waals surface area contributed by atoms with Crippen LogP contribution < -0.4 is 4.90 Å². The van der Waals surface area contributed by atoms with Crippen LogP contribution in [0.3, 0.4) is 0 Å². The van der Waals surface area contributed by atoms with Crippen molar-refractivity contribution in [1.29, 1.82) is 0 Å². The van der Waals surface area contributed by atoms with Crippen LogP contribution in [0.1, 0.15) is 23.5 Å². The molecule has 1 unspecified atom stereocenters. The second-order valence-corrected chi connectivity index (χ2v) is 17.1. The third kappa shape index (κ3) is 6.17. The average molecular weight is 798 g/mol. The molecule has 11 aromatic rings. The predicted molar refractivity (Wildman–Crippen MR) is 261 cm³/mol. The molecule has 1 aliphatic carbocycles. The van der Waals surface area contributed by atoms with Gasteiger partial charge >= 0.3 is 0 Å². The fraction of sp³-hybridized carbons (Fsp3) is 0.0345. The lowest BCUT2D eigenvalue weighted by atomic mass is 9.87. The quantitative estimate of drug-likeness (QED) is 0.160. The van der Waals surface area contributed by atoms with Crippen LogP contribution in [0.2, 0.25) is 0 Å². The van der Waals surface area contributed by atoms with E-state index in [2.05, 4.69) is 211 Å². The smallest absolute Gasteiger partial charge is 0.143 e. The molecule has 2 nitrogen and oxygen atoms in total. The fourth-order valence-electron chi connectivity index (χ4n) is 9.41. The number of thiophene rings is 1. The van der Waals surface area contributed by atoms with Crippen LogP contribution in [-0.4, -0.2) is 0 Å².